The summed E-state index contributed by atoms with van der Waals surface area (Å²) in [6.45, 7) is 5.43. The van der Waals surface area contributed by atoms with Crippen LogP contribution in [0, 0.1) is 18.6 Å². The Balaban J connectivity index is 1.42. The van der Waals surface area contributed by atoms with Gasteiger partial charge in [-0.1, -0.05) is 48.9 Å². The average Bonchev–Trinajstić information content (AvgIpc) is 3.25. The lowest BCUT2D eigenvalue weighted by Crippen LogP contribution is -2.45. The summed E-state index contributed by atoms with van der Waals surface area (Å²) in [4.78, 5) is 28.5. The van der Waals surface area contributed by atoms with Crippen LogP contribution in [0.5, 0.6) is 0 Å². The van der Waals surface area contributed by atoms with Crippen LogP contribution in [0.25, 0.3) is 10.9 Å². The van der Waals surface area contributed by atoms with Crippen molar-refractivity contribution >= 4 is 34.2 Å². The van der Waals surface area contributed by atoms with E-state index in [1.54, 1.807) is 29.0 Å². The zero-order valence-corrected chi connectivity index (χ0v) is 22.2. The van der Waals surface area contributed by atoms with Crippen molar-refractivity contribution in [2.75, 3.05) is 13.1 Å². The number of carbonyl (C=O) groups is 2. The van der Waals surface area contributed by atoms with Crippen LogP contribution < -0.4 is 0 Å². The minimum Gasteiger partial charge on any atom is -0.339 e. The number of hydrogen-bond acceptors (Lipinski definition) is 2. The van der Waals surface area contributed by atoms with Gasteiger partial charge in [0.25, 0.3) is 5.91 Å². The third kappa shape index (κ3) is 4.85. The molecule has 4 aromatic rings. The highest BCUT2D eigenvalue weighted by atomic mass is 35.5. The standard InChI is InChI=1S/C31H29ClF2N2O2/c1-3-31(27-7-5-4-6-20(27)2)10-12-35(13-11-31)30(38)26-18-36(28-16-22(32)8-9-25(26)28)19-29(37)21-14-23(33)17-24(34)15-21/h4-9,14-18H,3,10-13,19H2,1-2H3. The summed E-state index contributed by atoms with van der Waals surface area (Å²) in [5.41, 5.74) is 3.70. The second-order valence-electron chi connectivity index (χ2n) is 10.2. The van der Waals surface area contributed by atoms with Crippen LogP contribution in [-0.2, 0) is 12.0 Å². The van der Waals surface area contributed by atoms with E-state index in [4.69, 9.17) is 11.6 Å². The van der Waals surface area contributed by atoms with Crippen LogP contribution in [0.3, 0.4) is 0 Å². The van der Waals surface area contributed by atoms with Crippen molar-refractivity contribution in [2.45, 2.75) is 45.1 Å². The molecule has 0 atom stereocenters. The fourth-order valence-corrected chi connectivity index (χ4v) is 5.98. The number of halogens is 3. The summed E-state index contributed by atoms with van der Waals surface area (Å²) in [5.74, 6) is -2.20. The summed E-state index contributed by atoms with van der Waals surface area (Å²) in [7, 11) is 0. The number of ketones is 1. The molecule has 0 saturated carbocycles. The van der Waals surface area contributed by atoms with Crippen LogP contribution >= 0.6 is 11.6 Å². The zero-order chi connectivity index (χ0) is 27.0. The number of aryl methyl sites for hydroxylation is 1. The lowest BCUT2D eigenvalue weighted by molar-refractivity contribution is 0.0663. The second-order valence-corrected chi connectivity index (χ2v) is 10.6. The van der Waals surface area contributed by atoms with Gasteiger partial charge in [0.1, 0.15) is 11.6 Å². The van der Waals surface area contributed by atoms with E-state index in [0.717, 1.165) is 37.5 Å². The summed E-state index contributed by atoms with van der Waals surface area (Å²) < 4.78 is 29.0. The molecule has 0 bridgehead atoms. The maximum Gasteiger partial charge on any atom is 0.256 e. The highest BCUT2D eigenvalue weighted by Gasteiger charge is 2.37. The number of likely N-dealkylation sites (tertiary alicyclic amines) is 1. The van der Waals surface area contributed by atoms with Crippen LogP contribution in [0.15, 0.2) is 66.9 Å². The molecule has 4 nitrogen and oxygen atoms in total. The fraction of sp³-hybridized carbons (Fsp3) is 0.290. The zero-order valence-electron chi connectivity index (χ0n) is 21.4. The predicted octanol–water partition coefficient (Wildman–Crippen LogP) is 7.35. The first-order chi connectivity index (χ1) is 18.2. The minimum absolute atomic E-state index is 0.0380. The number of rotatable bonds is 6. The molecule has 0 unspecified atom stereocenters. The first-order valence-corrected chi connectivity index (χ1v) is 13.2. The van der Waals surface area contributed by atoms with Crippen molar-refractivity contribution in [2.24, 2.45) is 0 Å². The third-order valence-electron chi connectivity index (χ3n) is 7.97. The van der Waals surface area contributed by atoms with Crippen LogP contribution in [0.2, 0.25) is 5.02 Å². The van der Waals surface area contributed by atoms with Gasteiger partial charge < -0.3 is 9.47 Å². The number of amides is 1. The lowest BCUT2D eigenvalue weighted by atomic mass is 9.69. The molecule has 0 radical (unpaired) electrons. The van der Waals surface area contributed by atoms with Crippen LogP contribution in [0.1, 0.15) is 58.0 Å². The fourth-order valence-electron chi connectivity index (χ4n) is 5.82. The van der Waals surface area contributed by atoms with E-state index < -0.39 is 17.4 Å². The van der Waals surface area contributed by atoms with E-state index in [1.807, 2.05) is 4.90 Å². The Morgan fingerprint density at radius 1 is 0.974 bits per heavy atom. The number of carbonyl (C=O) groups excluding carboxylic acids is 2. The normalized spacial score (nSPS) is 15.1. The molecule has 1 aliphatic rings. The molecule has 0 spiro atoms. The molecule has 196 valence electrons. The summed E-state index contributed by atoms with van der Waals surface area (Å²) in [5, 5.41) is 1.15. The molecule has 1 aromatic heterocycles. The van der Waals surface area contributed by atoms with Gasteiger partial charge in [-0.3, -0.25) is 9.59 Å². The Morgan fingerprint density at radius 2 is 1.66 bits per heavy atom. The predicted molar refractivity (Wildman–Crippen MR) is 146 cm³/mol. The first-order valence-electron chi connectivity index (χ1n) is 12.8. The molecular formula is C31H29ClF2N2O2. The van der Waals surface area contributed by atoms with Crippen LogP contribution in [-0.4, -0.2) is 34.2 Å². The number of piperidine rings is 1. The molecular weight excluding hydrogens is 506 g/mol. The third-order valence-corrected chi connectivity index (χ3v) is 8.21. The molecule has 1 fully saturated rings. The Hall–Kier alpha value is -3.51. The highest BCUT2D eigenvalue weighted by Crippen LogP contribution is 2.40. The average molecular weight is 535 g/mol. The van der Waals surface area contributed by atoms with Gasteiger partial charge >= 0.3 is 0 Å². The first kappa shape index (κ1) is 26.1. The summed E-state index contributed by atoms with van der Waals surface area (Å²) in [6, 6.07) is 16.4. The van der Waals surface area contributed by atoms with E-state index in [9.17, 15) is 18.4 Å². The molecule has 2 heterocycles. The molecule has 0 aliphatic carbocycles. The van der Waals surface area contributed by atoms with Crippen molar-refractivity contribution in [3.05, 3.63) is 106 Å². The van der Waals surface area contributed by atoms with E-state index in [2.05, 4.69) is 38.1 Å². The van der Waals surface area contributed by atoms with Gasteiger partial charge in [-0.05, 0) is 67.0 Å². The Bertz CT molecular complexity index is 1520. The quantitative estimate of drug-likeness (QED) is 0.243. The molecule has 1 saturated heterocycles. The van der Waals surface area contributed by atoms with E-state index in [1.165, 1.54) is 11.1 Å². The van der Waals surface area contributed by atoms with Crippen molar-refractivity contribution in [1.82, 2.24) is 9.47 Å². The minimum atomic E-state index is -0.816. The topological polar surface area (TPSA) is 42.3 Å². The van der Waals surface area contributed by atoms with Crippen molar-refractivity contribution in [1.29, 1.82) is 0 Å². The molecule has 5 rings (SSSR count). The summed E-state index contributed by atoms with van der Waals surface area (Å²) in [6.07, 6.45) is 4.39. The SMILES string of the molecule is CCC1(c2ccccc2C)CCN(C(=O)c2cn(CC(=O)c3cc(F)cc(F)c3)c3cc(Cl)ccc23)CC1. The number of fused-ring (bicyclic) bond motifs is 1. The van der Waals surface area contributed by atoms with Gasteiger partial charge in [0.05, 0.1) is 17.6 Å². The lowest BCUT2D eigenvalue weighted by Gasteiger charge is -2.42. The van der Waals surface area contributed by atoms with Gasteiger partial charge in [0, 0.05) is 41.3 Å². The number of hydrogen-bond donors (Lipinski definition) is 0. The molecule has 0 N–H and O–H groups in total. The maximum absolute atomic E-state index is 13.8. The van der Waals surface area contributed by atoms with Crippen molar-refractivity contribution in [3.63, 3.8) is 0 Å². The Morgan fingerprint density at radius 3 is 2.32 bits per heavy atom. The number of aromatic nitrogens is 1. The van der Waals surface area contributed by atoms with E-state index >= 15 is 0 Å². The van der Waals surface area contributed by atoms with Gasteiger partial charge in [-0.2, -0.15) is 0 Å². The van der Waals surface area contributed by atoms with Gasteiger partial charge in [-0.25, -0.2) is 8.78 Å². The number of Topliss-reactive ketones (excluding diaryl/α,β-unsaturated/α-hetero) is 1. The van der Waals surface area contributed by atoms with E-state index in [-0.39, 0.29) is 23.4 Å². The molecule has 1 aliphatic heterocycles. The van der Waals surface area contributed by atoms with Gasteiger partial charge in [0.15, 0.2) is 5.78 Å². The Kier molecular flexibility index (Phi) is 7.10. The smallest absolute Gasteiger partial charge is 0.256 e. The molecule has 1 amide bonds. The number of benzene rings is 3. The van der Waals surface area contributed by atoms with Crippen molar-refractivity contribution in [3.8, 4) is 0 Å². The van der Waals surface area contributed by atoms with Crippen molar-refractivity contribution < 1.29 is 18.4 Å². The maximum atomic E-state index is 13.8. The number of nitrogens with zero attached hydrogens (tertiary/aromatic N) is 2. The summed E-state index contributed by atoms with van der Waals surface area (Å²) >= 11 is 6.25. The van der Waals surface area contributed by atoms with Gasteiger partial charge in [-0.15, -0.1) is 0 Å². The molecule has 3 aromatic carbocycles. The highest BCUT2D eigenvalue weighted by molar-refractivity contribution is 6.31. The monoisotopic (exact) mass is 534 g/mol. The Labute approximate surface area is 225 Å². The molecule has 7 heteroatoms. The van der Waals surface area contributed by atoms with Crippen LogP contribution in [0.4, 0.5) is 8.78 Å². The molecule has 38 heavy (non-hydrogen) atoms. The second kappa shape index (κ2) is 10.3. The largest absolute Gasteiger partial charge is 0.339 e. The van der Waals surface area contributed by atoms with E-state index in [0.29, 0.717) is 34.6 Å². The van der Waals surface area contributed by atoms with Gasteiger partial charge in [0.2, 0.25) is 0 Å².